The summed E-state index contributed by atoms with van der Waals surface area (Å²) < 4.78 is 6.28. The summed E-state index contributed by atoms with van der Waals surface area (Å²) in [5.74, 6) is 0.897. The first kappa shape index (κ1) is 14.4. The minimum absolute atomic E-state index is 0.0268. The van der Waals surface area contributed by atoms with Gasteiger partial charge in [0.05, 0.1) is 11.6 Å². The first-order valence-corrected chi connectivity index (χ1v) is 7.92. The van der Waals surface area contributed by atoms with Crippen LogP contribution in [0.2, 0.25) is 0 Å². The zero-order valence-corrected chi connectivity index (χ0v) is 12.5. The molecule has 2 fully saturated rings. The molecule has 1 saturated heterocycles. The molecule has 1 saturated carbocycles. The number of nitrogens with one attached hydrogen (secondary N) is 1. The number of hydrogen-bond acceptors (Lipinski definition) is 4. The molecule has 1 aromatic rings. The minimum atomic E-state index is 0.0268. The molecule has 0 bridgehead atoms. The van der Waals surface area contributed by atoms with Gasteiger partial charge in [-0.1, -0.05) is 0 Å². The summed E-state index contributed by atoms with van der Waals surface area (Å²) in [6.45, 7) is 5.62. The van der Waals surface area contributed by atoms with Crippen molar-refractivity contribution in [2.45, 2.75) is 31.3 Å². The van der Waals surface area contributed by atoms with E-state index in [0.717, 1.165) is 57.7 Å². The van der Waals surface area contributed by atoms with E-state index in [1.165, 1.54) is 6.42 Å². The fourth-order valence-electron chi connectivity index (χ4n) is 3.12. The van der Waals surface area contributed by atoms with Crippen LogP contribution in [0, 0.1) is 11.3 Å². The molecular formula is C17H23N3O. The Morgan fingerprint density at radius 3 is 2.48 bits per heavy atom. The van der Waals surface area contributed by atoms with E-state index in [2.05, 4.69) is 16.3 Å². The second-order valence-electron chi connectivity index (χ2n) is 6.12. The molecule has 1 aliphatic carbocycles. The summed E-state index contributed by atoms with van der Waals surface area (Å²) in [6.07, 6.45) is 4.67. The van der Waals surface area contributed by atoms with Crippen LogP contribution >= 0.6 is 0 Å². The van der Waals surface area contributed by atoms with Gasteiger partial charge in [0.1, 0.15) is 11.4 Å². The van der Waals surface area contributed by atoms with Crippen molar-refractivity contribution in [3.63, 3.8) is 0 Å². The molecule has 3 rings (SSSR count). The van der Waals surface area contributed by atoms with Crippen molar-refractivity contribution in [2.24, 2.45) is 0 Å². The van der Waals surface area contributed by atoms with Crippen LogP contribution in [0.15, 0.2) is 24.3 Å². The van der Waals surface area contributed by atoms with E-state index in [1.54, 1.807) is 0 Å². The van der Waals surface area contributed by atoms with Crippen LogP contribution in [0.4, 0.5) is 0 Å². The maximum Gasteiger partial charge on any atom is 0.120 e. The average Bonchev–Trinajstić information content (AvgIpc) is 2.51. The summed E-state index contributed by atoms with van der Waals surface area (Å²) in [4.78, 5) is 2.53. The standard InChI is InChI=1S/C17H23N3O/c18-14-15-2-4-16(5-3-15)21-17(6-1-7-17)8-11-20-12-9-19-10-13-20/h2-5,19H,1,6-13H2. The normalized spacial score (nSPS) is 21.3. The van der Waals surface area contributed by atoms with Crippen molar-refractivity contribution in [3.8, 4) is 11.8 Å². The molecule has 0 radical (unpaired) electrons. The van der Waals surface area contributed by atoms with Gasteiger partial charge in [0.15, 0.2) is 0 Å². The number of piperazine rings is 1. The van der Waals surface area contributed by atoms with Crippen LogP contribution < -0.4 is 10.1 Å². The molecule has 0 aromatic heterocycles. The average molecular weight is 285 g/mol. The Morgan fingerprint density at radius 2 is 1.90 bits per heavy atom. The van der Waals surface area contributed by atoms with Crippen molar-refractivity contribution in [3.05, 3.63) is 29.8 Å². The molecule has 2 aliphatic rings. The summed E-state index contributed by atoms with van der Waals surface area (Å²) in [5.41, 5.74) is 0.713. The lowest BCUT2D eigenvalue weighted by Gasteiger charge is -2.43. The Balaban J connectivity index is 1.56. The third-order valence-electron chi connectivity index (χ3n) is 4.68. The smallest absolute Gasteiger partial charge is 0.120 e. The van der Waals surface area contributed by atoms with Gasteiger partial charge in [-0.15, -0.1) is 0 Å². The third kappa shape index (κ3) is 3.55. The van der Waals surface area contributed by atoms with Gasteiger partial charge in [0.25, 0.3) is 0 Å². The third-order valence-corrected chi connectivity index (χ3v) is 4.68. The Morgan fingerprint density at radius 1 is 1.19 bits per heavy atom. The predicted octanol–water partition coefficient (Wildman–Crippen LogP) is 2.16. The van der Waals surface area contributed by atoms with E-state index >= 15 is 0 Å². The summed E-state index contributed by atoms with van der Waals surface area (Å²) in [5, 5.41) is 12.2. The molecule has 112 valence electrons. The van der Waals surface area contributed by atoms with Gasteiger partial charge in [0, 0.05) is 32.7 Å². The van der Waals surface area contributed by atoms with E-state index in [1.807, 2.05) is 24.3 Å². The minimum Gasteiger partial charge on any atom is -0.487 e. The molecule has 1 N–H and O–H groups in total. The first-order valence-electron chi connectivity index (χ1n) is 7.92. The lowest BCUT2D eigenvalue weighted by atomic mass is 9.77. The molecule has 4 nitrogen and oxygen atoms in total. The highest BCUT2D eigenvalue weighted by Crippen LogP contribution is 2.39. The Kier molecular flexibility index (Phi) is 4.42. The SMILES string of the molecule is N#Cc1ccc(OC2(CCN3CCNCC3)CCC2)cc1. The van der Waals surface area contributed by atoms with Crippen molar-refractivity contribution in [1.82, 2.24) is 10.2 Å². The molecule has 1 aromatic carbocycles. The fraction of sp³-hybridized carbons (Fsp3) is 0.588. The number of ether oxygens (including phenoxy) is 1. The highest BCUT2D eigenvalue weighted by molar-refractivity contribution is 5.35. The zero-order chi connectivity index (χ0) is 14.5. The molecule has 1 aliphatic heterocycles. The molecule has 1 heterocycles. The molecule has 21 heavy (non-hydrogen) atoms. The topological polar surface area (TPSA) is 48.3 Å². The number of benzene rings is 1. The summed E-state index contributed by atoms with van der Waals surface area (Å²) in [6, 6.07) is 9.65. The van der Waals surface area contributed by atoms with E-state index in [-0.39, 0.29) is 5.60 Å². The monoisotopic (exact) mass is 285 g/mol. The largest absolute Gasteiger partial charge is 0.487 e. The van der Waals surface area contributed by atoms with Crippen molar-refractivity contribution < 1.29 is 4.74 Å². The van der Waals surface area contributed by atoms with Gasteiger partial charge < -0.3 is 15.0 Å². The van der Waals surface area contributed by atoms with Gasteiger partial charge in [-0.3, -0.25) is 0 Å². The Hall–Kier alpha value is -1.57. The highest BCUT2D eigenvalue weighted by atomic mass is 16.5. The van der Waals surface area contributed by atoms with Crippen LogP contribution in [-0.4, -0.2) is 43.2 Å². The van der Waals surface area contributed by atoms with E-state index in [0.29, 0.717) is 5.56 Å². The molecular weight excluding hydrogens is 262 g/mol. The number of rotatable bonds is 5. The van der Waals surface area contributed by atoms with Crippen molar-refractivity contribution in [1.29, 1.82) is 5.26 Å². The number of nitrogens with zero attached hydrogens (tertiary/aromatic N) is 2. The second-order valence-corrected chi connectivity index (χ2v) is 6.12. The quantitative estimate of drug-likeness (QED) is 0.900. The fourth-order valence-corrected chi connectivity index (χ4v) is 3.12. The number of nitriles is 1. The van der Waals surface area contributed by atoms with Crippen molar-refractivity contribution in [2.75, 3.05) is 32.7 Å². The van der Waals surface area contributed by atoms with Crippen LogP contribution in [0.25, 0.3) is 0 Å². The van der Waals surface area contributed by atoms with Gasteiger partial charge in [-0.25, -0.2) is 0 Å². The number of hydrogen-bond donors (Lipinski definition) is 1. The van der Waals surface area contributed by atoms with Gasteiger partial charge >= 0.3 is 0 Å². The van der Waals surface area contributed by atoms with Crippen molar-refractivity contribution >= 4 is 0 Å². The molecule has 4 heteroatoms. The van der Waals surface area contributed by atoms with E-state index in [4.69, 9.17) is 10.00 Å². The maximum atomic E-state index is 8.85. The predicted molar refractivity (Wildman–Crippen MR) is 82.3 cm³/mol. The first-order chi connectivity index (χ1) is 10.3. The van der Waals surface area contributed by atoms with E-state index < -0.39 is 0 Å². The van der Waals surface area contributed by atoms with Gasteiger partial charge in [-0.2, -0.15) is 5.26 Å². The van der Waals surface area contributed by atoms with E-state index in [9.17, 15) is 0 Å². The lowest BCUT2D eigenvalue weighted by Crippen LogP contribution is -2.49. The molecule has 0 amide bonds. The zero-order valence-electron chi connectivity index (χ0n) is 12.5. The molecule has 0 atom stereocenters. The van der Waals surface area contributed by atoms with Gasteiger partial charge in [0.2, 0.25) is 0 Å². The summed E-state index contributed by atoms with van der Waals surface area (Å²) >= 11 is 0. The van der Waals surface area contributed by atoms with Crippen LogP contribution in [0.3, 0.4) is 0 Å². The van der Waals surface area contributed by atoms with Crippen LogP contribution in [0.1, 0.15) is 31.2 Å². The Labute approximate surface area is 126 Å². The highest BCUT2D eigenvalue weighted by Gasteiger charge is 2.39. The lowest BCUT2D eigenvalue weighted by molar-refractivity contribution is -0.0226. The molecule has 0 unspecified atom stereocenters. The van der Waals surface area contributed by atoms with Crippen LogP contribution in [0.5, 0.6) is 5.75 Å². The van der Waals surface area contributed by atoms with Crippen LogP contribution in [-0.2, 0) is 0 Å². The second kappa shape index (κ2) is 6.46. The maximum absolute atomic E-state index is 8.85. The molecule has 0 spiro atoms. The Bertz CT molecular complexity index is 496. The summed E-state index contributed by atoms with van der Waals surface area (Å²) in [7, 11) is 0. The van der Waals surface area contributed by atoms with Gasteiger partial charge in [-0.05, 0) is 49.9 Å².